The molecule has 1 heterocycles. The highest BCUT2D eigenvalue weighted by Gasteiger charge is 2.29. The maximum Gasteiger partial charge on any atom is 0.0471 e. The SMILES string of the molecule is CC1CC(C)C(C)N(c2ccc(CNC3CC3)c(Cl)c2)C1. The summed E-state index contributed by atoms with van der Waals surface area (Å²) in [6, 6.07) is 7.92. The number of benzene rings is 1. The van der Waals surface area contributed by atoms with Crippen LogP contribution in [0.2, 0.25) is 5.02 Å². The quantitative estimate of drug-likeness (QED) is 0.883. The van der Waals surface area contributed by atoms with Gasteiger partial charge in [0.1, 0.15) is 0 Å². The fourth-order valence-electron chi connectivity index (χ4n) is 3.46. The van der Waals surface area contributed by atoms with Crippen molar-refractivity contribution < 1.29 is 0 Å². The van der Waals surface area contributed by atoms with Crippen molar-refractivity contribution in [3.63, 3.8) is 0 Å². The minimum Gasteiger partial charge on any atom is -0.368 e. The molecule has 2 aliphatic rings. The van der Waals surface area contributed by atoms with Gasteiger partial charge in [0.2, 0.25) is 0 Å². The van der Waals surface area contributed by atoms with Crippen LogP contribution in [-0.2, 0) is 6.54 Å². The first kappa shape index (κ1) is 15.2. The highest BCUT2D eigenvalue weighted by atomic mass is 35.5. The van der Waals surface area contributed by atoms with E-state index in [9.17, 15) is 0 Å². The predicted octanol–water partition coefficient (Wildman–Crippen LogP) is 4.46. The van der Waals surface area contributed by atoms with Crippen LogP contribution in [0, 0.1) is 11.8 Å². The molecular formula is C18H27ClN2. The number of hydrogen-bond donors (Lipinski definition) is 1. The molecule has 21 heavy (non-hydrogen) atoms. The summed E-state index contributed by atoms with van der Waals surface area (Å²) in [5.41, 5.74) is 2.50. The standard InChI is InChI=1S/C18H27ClN2/c1-12-8-13(2)14(3)21(11-12)17-7-4-15(18(19)9-17)10-20-16-5-6-16/h4,7,9,12-14,16,20H,5-6,8,10-11H2,1-3H3. The van der Waals surface area contributed by atoms with Gasteiger partial charge >= 0.3 is 0 Å². The molecule has 1 N–H and O–H groups in total. The largest absolute Gasteiger partial charge is 0.368 e. The maximum atomic E-state index is 6.51. The number of halogens is 1. The molecule has 0 bridgehead atoms. The summed E-state index contributed by atoms with van der Waals surface area (Å²) in [4.78, 5) is 2.53. The summed E-state index contributed by atoms with van der Waals surface area (Å²) in [5, 5.41) is 4.44. The number of piperidine rings is 1. The monoisotopic (exact) mass is 306 g/mol. The fourth-order valence-corrected chi connectivity index (χ4v) is 3.70. The lowest BCUT2D eigenvalue weighted by atomic mass is 9.85. The summed E-state index contributed by atoms with van der Waals surface area (Å²) in [6.07, 6.45) is 3.96. The topological polar surface area (TPSA) is 15.3 Å². The second-order valence-corrected chi connectivity index (χ2v) is 7.55. The van der Waals surface area contributed by atoms with Crippen molar-refractivity contribution in [2.24, 2.45) is 11.8 Å². The van der Waals surface area contributed by atoms with Crippen LogP contribution >= 0.6 is 11.6 Å². The molecule has 1 aromatic rings. The van der Waals surface area contributed by atoms with Gasteiger partial charge in [0.15, 0.2) is 0 Å². The predicted molar refractivity (Wildman–Crippen MR) is 91.1 cm³/mol. The van der Waals surface area contributed by atoms with Gasteiger partial charge in [-0.05, 0) is 55.7 Å². The molecule has 1 aliphatic heterocycles. The van der Waals surface area contributed by atoms with E-state index in [4.69, 9.17) is 11.6 Å². The number of nitrogens with zero attached hydrogens (tertiary/aromatic N) is 1. The molecule has 0 spiro atoms. The van der Waals surface area contributed by atoms with E-state index in [1.54, 1.807) is 0 Å². The van der Waals surface area contributed by atoms with Gasteiger partial charge < -0.3 is 10.2 Å². The van der Waals surface area contributed by atoms with E-state index in [2.05, 4.69) is 49.2 Å². The number of hydrogen-bond acceptors (Lipinski definition) is 2. The highest BCUT2D eigenvalue weighted by molar-refractivity contribution is 6.31. The smallest absolute Gasteiger partial charge is 0.0471 e. The molecule has 0 radical (unpaired) electrons. The Kier molecular flexibility index (Phi) is 4.46. The first-order valence-electron chi connectivity index (χ1n) is 8.33. The van der Waals surface area contributed by atoms with Crippen LogP contribution in [0.25, 0.3) is 0 Å². The molecule has 1 aliphatic carbocycles. The van der Waals surface area contributed by atoms with Crippen molar-refractivity contribution in [3.8, 4) is 0 Å². The zero-order chi connectivity index (χ0) is 15.0. The maximum absolute atomic E-state index is 6.51. The molecule has 1 saturated heterocycles. The van der Waals surface area contributed by atoms with Crippen molar-refractivity contribution in [2.75, 3.05) is 11.4 Å². The Hall–Kier alpha value is -0.730. The van der Waals surface area contributed by atoms with Gasteiger partial charge in [-0.1, -0.05) is 31.5 Å². The van der Waals surface area contributed by atoms with Crippen molar-refractivity contribution in [3.05, 3.63) is 28.8 Å². The van der Waals surface area contributed by atoms with Crippen molar-refractivity contribution in [1.82, 2.24) is 5.32 Å². The summed E-state index contributed by atoms with van der Waals surface area (Å²) >= 11 is 6.51. The summed E-state index contributed by atoms with van der Waals surface area (Å²) in [5.74, 6) is 1.50. The lowest BCUT2D eigenvalue weighted by molar-refractivity contribution is 0.297. The van der Waals surface area contributed by atoms with Gasteiger partial charge in [-0.3, -0.25) is 0 Å². The third-order valence-corrected chi connectivity index (χ3v) is 5.48. The van der Waals surface area contributed by atoms with Crippen molar-refractivity contribution >= 4 is 17.3 Å². The van der Waals surface area contributed by atoms with Crippen LogP contribution in [-0.4, -0.2) is 18.6 Å². The molecule has 3 atom stereocenters. The third kappa shape index (κ3) is 3.54. The van der Waals surface area contributed by atoms with Gasteiger partial charge in [-0.25, -0.2) is 0 Å². The van der Waals surface area contributed by atoms with E-state index < -0.39 is 0 Å². The second kappa shape index (κ2) is 6.18. The summed E-state index contributed by atoms with van der Waals surface area (Å²) in [6.45, 7) is 9.09. The average Bonchev–Trinajstić information content (AvgIpc) is 3.25. The summed E-state index contributed by atoms with van der Waals surface area (Å²) < 4.78 is 0. The van der Waals surface area contributed by atoms with Crippen LogP contribution in [0.5, 0.6) is 0 Å². The number of nitrogens with one attached hydrogen (secondary N) is 1. The van der Waals surface area contributed by atoms with E-state index in [-0.39, 0.29) is 0 Å². The number of anilines is 1. The van der Waals surface area contributed by atoms with E-state index >= 15 is 0 Å². The first-order valence-corrected chi connectivity index (χ1v) is 8.71. The Labute approximate surface area is 133 Å². The Balaban J connectivity index is 1.73. The minimum atomic E-state index is 0.590. The lowest BCUT2D eigenvalue weighted by Gasteiger charge is -2.42. The van der Waals surface area contributed by atoms with Gasteiger partial charge in [-0.15, -0.1) is 0 Å². The number of rotatable bonds is 4. The molecule has 1 saturated carbocycles. The van der Waals surface area contributed by atoms with Gasteiger partial charge in [-0.2, -0.15) is 0 Å². The minimum absolute atomic E-state index is 0.590. The van der Waals surface area contributed by atoms with Gasteiger partial charge in [0, 0.05) is 35.9 Å². The third-order valence-electron chi connectivity index (χ3n) is 5.12. The van der Waals surface area contributed by atoms with Crippen molar-refractivity contribution in [1.29, 1.82) is 0 Å². The molecule has 2 nitrogen and oxygen atoms in total. The molecule has 0 aromatic heterocycles. The highest BCUT2D eigenvalue weighted by Crippen LogP contribution is 2.33. The summed E-state index contributed by atoms with van der Waals surface area (Å²) in [7, 11) is 0. The van der Waals surface area contributed by atoms with E-state index in [1.807, 2.05) is 0 Å². The Morgan fingerprint density at radius 3 is 2.67 bits per heavy atom. The molecule has 0 amide bonds. The second-order valence-electron chi connectivity index (χ2n) is 7.14. The van der Waals surface area contributed by atoms with Gasteiger partial charge in [0.05, 0.1) is 0 Å². The normalized spacial score (nSPS) is 29.7. The molecule has 116 valence electrons. The molecular weight excluding hydrogens is 280 g/mol. The molecule has 3 heteroatoms. The molecule has 3 rings (SSSR count). The van der Waals surface area contributed by atoms with Crippen LogP contribution in [0.15, 0.2) is 18.2 Å². The van der Waals surface area contributed by atoms with Crippen molar-refractivity contribution in [2.45, 2.75) is 58.7 Å². The van der Waals surface area contributed by atoms with Gasteiger partial charge in [0.25, 0.3) is 0 Å². The fraction of sp³-hybridized carbons (Fsp3) is 0.667. The van der Waals surface area contributed by atoms with Crippen LogP contribution in [0.3, 0.4) is 0 Å². The zero-order valence-corrected chi connectivity index (χ0v) is 14.2. The molecule has 3 unspecified atom stereocenters. The van der Waals surface area contributed by atoms with E-state index in [1.165, 1.54) is 30.5 Å². The Bertz CT molecular complexity index is 498. The zero-order valence-electron chi connectivity index (χ0n) is 13.4. The Morgan fingerprint density at radius 2 is 2.00 bits per heavy atom. The molecule has 1 aromatic carbocycles. The van der Waals surface area contributed by atoms with Crippen LogP contribution in [0.1, 0.15) is 45.6 Å². The van der Waals surface area contributed by atoms with E-state index in [0.29, 0.717) is 6.04 Å². The van der Waals surface area contributed by atoms with Crippen LogP contribution in [0.4, 0.5) is 5.69 Å². The van der Waals surface area contributed by atoms with Crippen LogP contribution < -0.4 is 10.2 Å². The molecule has 2 fully saturated rings. The average molecular weight is 307 g/mol. The lowest BCUT2D eigenvalue weighted by Crippen LogP contribution is -2.45. The first-order chi connectivity index (χ1) is 10.0. The van der Waals surface area contributed by atoms with E-state index in [0.717, 1.165) is 36.0 Å². The Morgan fingerprint density at radius 1 is 1.24 bits per heavy atom.